The second-order valence-electron chi connectivity index (χ2n) is 3.98. The predicted molar refractivity (Wildman–Crippen MR) is 60.5 cm³/mol. The van der Waals surface area contributed by atoms with E-state index in [0.717, 1.165) is 0 Å². The van der Waals surface area contributed by atoms with Crippen LogP contribution in [0.15, 0.2) is 18.2 Å². The maximum Gasteiger partial charge on any atom is 0.143 e. The Kier molecular flexibility index (Phi) is 3.86. The second kappa shape index (κ2) is 4.95. The molecule has 0 amide bonds. The fourth-order valence-electron chi connectivity index (χ4n) is 1.20. The van der Waals surface area contributed by atoms with E-state index in [1.54, 1.807) is 19.1 Å². The minimum absolute atomic E-state index is 0.0191. The van der Waals surface area contributed by atoms with Crippen molar-refractivity contribution < 1.29 is 9.50 Å². The van der Waals surface area contributed by atoms with Gasteiger partial charge in [0.05, 0.1) is 11.3 Å². The average molecular weight is 222 g/mol. The van der Waals surface area contributed by atoms with Gasteiger partial charge in [-0.2, -0.15) is 5.26 Å². The van der Waals surface area contributed by atoms with Gasteiger partial charge in [-0.25, -0.2) is 4.39 Å². The summed E-state index contributed by atoms with van der Waals surface area (Å²) in [6, 6.07) is 6.18. The molecule has 0 aliphatic rings. The zero-order valence-electron chi connectivity index (χ0n) is 9.42. The van der Waals surface area contributed by atoms with Crippen LogP contribution in [-0.4, -0.2) is 17.3 Å². The van der Waals surface area contributed by atoms with Gasteiger partial charge in [0.1, 0.15) is 17.4 Å². The Balaban J connectivity index is 2.83. The molecular formula is C12H15FN2O. The minimum Gasteiger partial charge on any atom is -0.388 e. The largest absolute Gasteiger partial charge is 0.388 e. The van der Waals surface area contributed by atoms with Crippen LogP contribution in [0.2, 0.25) is 0 Å². The van der Waals surface area contributed by atoms with Gasteiger partial charge in [0.2, 0.25) is 0 Å². The molecule has 0 saturated carbocycles. The lowest BCUT2D eigenvalue weighted by Crippen LogP contribution is -2.32. The molecule has 3 nitrogen and oxygen atoms in total. The van der Waals surface area contributed by atoms with Crippen molar-refractivity contribution in [2.45, 2.75) is 25.9 Å². The molecule has 1 unspecified atom stereocenters. The van der Waals surface area contributed by atoms with Crippen molar-refractivity contribution in [3.8, 4) is 6.07 Å². The van der Waals surface area contributed by atoms with Crippen molar-refractivity contribution in [3.05, 3.63) is 29.6 Å². The first-order chi connectivity index (χ1) is 7.50. The van der Waals surface area contributed by atoms with Gasteiger partial charge in [0.15, 0.2) is 0 Å². The van der Waals surface area contributed by atoms with E-state index in [1.165, 1.54) is 12.1 Å². The zero-order valence-corrected chi connectivity index (χ0v) is 9.42. The first-order valence-electron chi connectivity index (χ1n) is 5.15. The minimum atomic E-state index is -0.862. The van der Waals surface area contributed by atoms with Crippen LogP contribution in [0.3, 0.4) is 0 Å². The van der Waals surface area contributed by atoms with Crippen LogP contribution < -0.4 is 5.32 Å². The van der Waals surface area contributed by atoms with E-state index in [4.69, 9.17) is 5.26 Å². The molecule has 0 fully saturated rings. The molecule has 0 heterocycles. The smallest absolute Gasteiger partial charge is 0.143 e. The molecule has 1 rings (SSSR count). The fraction of sp³-hybridized carbons (Fsp3) is 0.417. The second-order valence-corrected chi connectivity index (χ2v) is 3.98. The summed E-state index contributed by atoms with van der Waals surface area (Å²) in [7, 11) is 0. The Morgan fingerprint density at radius 1 is 1.56 bits per heavy atom. The number of halogens is 1. The molecule has 2 N–H and O–H groups in total. The molecule has 1 aromatic rings. The number of anilines is 1. The molecule has 0 aliphatic carbocycles. The Bertz CT molecular complexity index is 410. The van der Waals surface area contributed by atoms with Gasteiger partial charge in [0, 0.05) is 6.54 Å². The lowest BCUT2D eigenvalue weighted by Gasteiger charge is -2.22. The number of aliphatic hydroxyl groups is 1. The Hall–Kier alpha value is -1.60. The molecule has 0 spiro atoms. The van der Waals surface area contributed by atoms with Crippen molar-refractivity contribution in [2.24, 2.45) is 0 Å². The highest BCUT2D eigenvalue weighted by molar-refractivity contribution is 5.58. The summed E-state index contributed by atoms with van der Waals surface area (Å²) in [5, 5.41) is 21.5. The number of hydrogen-bond donors (Lipinski definition) is 2. The number of nitrogens with one attached hydrogen (secondary N) is 1. The summed E-state index contributed by atoms with van der Waals surface area (Å²) < 4.78 is 13.2. The SMILES string of the molecule is CCC(C)(O)CNc1cccc(F)c1C#N. The van der Waals surface area contributed by atoms with Crippen molar-refractivity contribution in [1.82, 2.24) is 0 Å². The third-order valence-corrected chi connectivity index (χ3v) is 2.55. The third kappa shape index (κ3) is 2.94. The number of hydrogen-bond acceptors (Lipinski definition) is 3. The quantitative estimate of drug-likeness (QED) is 0.821. The molecule has 0 radical (unpaired) electrons. The van der Waals surface area contributed by atoms with Crippen LogP contribution in [0.5, 0.6) is 0 Å². The molecule has 0 bridgehead atoms. The first-order valence-corrected chi connectivity index (χ1v) is 5.15. The van der Waals surface area contributed by atoms with Crippen LogP contribution in [-0.2, 0) is 0 Å². The topological polar surface area (TPSA) is 56.0 Å². The van der Waals surface area contributed by atoms with E-state index in [9.17, 15) is 9.50 Å². The average Bonchev–Trinajstić information content (AvgIpc) is 2.26. The Morgan fingerprint density at radius 2 is 2.25 bits per heavy atom. The number of benzene rings is 1. The first kappa shape index (κ1) is 12.5. The third-order valence-electron chi connectivity index (χ3n) is 2.55. The summed E-state index contributed by atoms with van der Waals surface area (Å²) >= 11 is 0. The molecule has 86 valence electrons. The van der Waals surface area contributed by atoms with Crippen LogP contribution in [0.25, 0.3) is 0 Å². The highest BCUT2D eigenvalue weighted by Crippen LogP contribution is 2.19. The normalized spacial score (nSPS) is 13.9. The molecule has 0 aliphatic heterocycles. The standard InChI is InChI=1S/C12H15FN2O/c1-3-12(2,16)8-15-11-6-4-5-10(13)9(11)7-14/h4-6,15-16H,3,8H2,1-2H3. The van der Waals surface area contributed by atoms with Crippen molar-refractivity contribution >= 4 is 5.69 Å². The number of nitrogens with zero attached hydrogens (tertiary/aromatic N) is 1. The highest BCUT2D eigenvalue weighted by atomic mass is 19.1. The summed E-state index contributed by atoms with van der Waals surface area (Å²) in [5.41, 5.74) is -0.468. The van der Waals surface area contributed by atoms with Gasteiger partial charge in [-0.1, -0.05) is 13.0 Å². The van der Waals surface area contributed by atoms with Gasteiger partial charge in [0.25, 0.3) is 0 Å². The zero-order chi connectivity index (χ0) is 12.2. The predicted octanol–water partition coefficient (Wildman–Crippen LogP) is 2.27. The molecule has 16 heavy (non-hydrogen) atoms. The van der Waals surface area contributed by atoms with E-state index in [0.29, 0.717) is 12.1 Å². The molecule has 1 aromatic carbocycles. The van der Waals surface area contributed by atoms with Crippen LogP contribution >= 0.6 is 0 Å². The van der Waals surface area contributed by atoms with Gasteiger partial charge in [-0.15, -0.1) is 0 Å². The van der Waals surface area contributed by atoms with Crippen LogP contribution in [0.4, 0.5) is 10.1 Å². The molecule has 0 aromatic heterocycles. The van der Waals surface area contributed by atoms with E-state index in [1.807, 2.05) is 6.92 Å². The van der Waals surface area contributed by atoms with E-state index in [2.05, 4.69) is 5.32 Å². The van der Waals surface area contributed by atoms with E-state index in [-0.39, 0.29) is 12.1 Å². The van der Waals surface area contributed by atoms with Gasteiger partial charge in [-0.05, 0) is 25.5 Å². The molecule has 4 heteroatoms. The highest BCUT2D eigenvalue weighted by Gasteiger charge is 2.18. The number of rotatable bonds is 4. The van der Waals surface area contributed by atoms with E-state index >= 15 is 0 Å². The van der Waals surface area contributed by atoms with Crippen molar-refractivity contribution in [3.63, 3.8) is 0 Å². The summed E-state index contributed by atoms with van der Waals surface area (Å²) in [6.45, 7) is 3.82. The van der Waals surface area contributed by atoms with Crippen molar-refractivity contribution in [1.29, 1.82) is 5.26 Å². The van der Waals surface area contributed by atoms with Crippen molar-refractivity contribution in [2.75, 3.05) is 11.9 Å². The monoisotopic (exact) mass is 222 g/mol. The van der Waals surface area contributed by atoms with Gasteiger partial charge >= 0.3 is 0 Å². The Morgan fingerprint density at radius 3 is 2.81 bits per heavy atom. The molecule has 0 saturated heterocycles. The lowest BCUT2D eigenvalue weighted by atomic mass is 10.0. The number of nitriles is 1. The summed E-state index contributed by atoms with van der Waals surface area (Å²) in [5.74, 6) is -0.552. The molecular weight excluding hydrogens is 207 g/mol. The summed E-state index contributed by atoms with van der Waals surface area (Å²) in [6.07, 6.45) is 0.581. The van der Waals surface area contributed by atoms with Crippen LogP contribution in [0.1, 0.15) is 25.8 Å². The maximum atomic E-state index is 13.2. The van der Waals surface area contributed by atoms with Crippen LogP contribution in [0, 0.1) is 17.1 Å². The molecule has 1 atom stereocenters. The van der Waals surface area contributed by atoms with Gasteiger partial charge in [-0.3, -0.25) is 0 Å². The maximum absolute atomic E-state index is 13.2. The Labute approximate surface area is 94.5 Å². The van der Waals surface area contributed by atoms with Gasteiger partial charge < -0.3 is 10.4 Å². The lowest BCUT2D eigenvalue weighted by molar-refractivity contribution is 0.0697. The van der Waals surface area contributed by atoms with E-state index < -0.39 is 11.4 Å². The fourth-order valence-corrected chi connectivity index (χ4v) is 1.20. The summed E-state index contributed by atoms with van der Waals surface area (Å²) in [4.78, 5) is 0.